The van der Waals surface area contributed by atoms with E-state index in [0.29, 0.717) is 37.5 Å². The van der Waals surface area contributed by atoms with Crippen LogP contribution in [0.15, 0.2) is 23.1 Å². The molecule has 9 heteroatoms. The highest BCUT2D eigenvalue weighted by Crippen LogP contribution is 2.39. The molecule has 1 aromatic carbocycles. The molecule has 1 N–H and O–H groups in total. The standard InChI is InChI=1S/C17H17N3O6/c21-16-11-7-15(20(24)25)14(18-3-5-26-6-4-18)8-13(11)19(10-1-2-10)9-12(16)17(22)23/h7-10H,1-6H2,(H,22,23). The highest BCUT2D eigenvalue weighted by Gasteiger charge is 2.30. The maximum atomic E-state index is 12.6. The molecule has 1 saturated carbocycles. The van der Waals surface area contributed by atoms with E-state index in [9.17, 15) is 24.8 Å². The number of benzene rings is 1. The van der Waals surface area contributed by atoms with Gasteiger partial charge in [0.2, 0.25) is 5.43 Å². The molecular weight excluding hydrogens is 342 g/mol. The van der Waals surface area contributed by atoms with Crippen LogP contribution in [0.2, 0.25) is 0 Å². The van der Waals surface area contributed by atoms with Crippen LogP contribution in [0.5, 0.6) is 0 Å². The minimum Gasteiger partial charge on any atom is -0.477 e. The molecule has 2 fully saturated rings. The number of morpholine rings is 1. The Bertz CT molecular complexity index is 973. The average molecular weight is 359 g/mol. The maximum Gasteiger partial charge on any atom is 0.341 e. The number of pyridine rings is 1. The van der Waals surface area contributed by atoms with E-state index in [4.69, 9.17) is 4.74 Å². The number of aromatic carboxylic acids is 1. The van der Waals surface area contributed by atoms with Gasteiger partial charge in [-0.1, -0.05) is 0 Å². The van der Waals surface area contributed by atoms with Gasteiger partial charge in [0.05, 0.1) is 29.0 Å². The smallest absolute Gasteiger partial charge is 0.341 e. The third-order valence-electron chi connectivity index (χ3n) is 4.85. The topological polar surface area (TPSA) is 115 Å². The molecule has 136 valence electrons. The Morgan fingerprint density at radius 2 is 1.96 bits per heavy atom. The number of hydrogen-bond donors (Lipinski definition) is 1. The predicted molar refractivity (Wildman–Crippen MR) is 93.1 cm³/mol. The van der Waals surface area contributed by atoms with Crippen molar-refractivity contribution in [2.45, 2.75) is 18.9 Å². The summed E-state index contributed by atoms with van der Waals surface area (Å²) >= 11 is 0. The van der Waals surface area contributed by atoms with Crippen LogP contribution in [0, 0.1) is 10.1 Å². The number of carboxylic acids is 1. The minimum absolute atomic E-state index is 0.0699. The second-order valence-electron chi connectivity index (χ2n) is 6.53. The van der Waals surface area contributed by atoms with Crippen molar-refractivity contribution in [2.24, 2.45) is 0 Å². The third-order valence-corrected chi connectivity index (χ3v) is 4.85. The summed E-state index contributed by atoms with van der Waals surface area (Å²) in [5, 5.41) is 21.0. The highest BCUT2D eigenvalue weighted by molar-refractivity contribution is 5.95. The maximum absolute atomic E-state index is 12.6. The summed E-state index contributed by atoms with van der Waals surface area (Å²) in [5.41, 5.74) is -0.280. The first-order valence-electron chi connectivity index (χ1n) is 8.40. The van der Waals surface area contributed by atoms with Gasteiger partial charge >= 0.3 is 5.97 Å². The van der Waals surface area contributed by atoms with Crippen molar-refractivity contribution < 1.29 is 19.6 Å². The molecule has 0 unspecified atom stereocenters. The number of nitrogens with zero attached hydrogens (tertiary/aromatic N) is 3. The highest BCUT2D eigenvalue weighted by atomic mass is 16.6. The lowest BCUT2D eigenvalue weighted by atomic mass is 10.1. The number of rotatable bonds is 4. The average Bonchev–Trinajstić information content (AvgIpc) is 3.46. The third kappa shape index (κ3) is 2.70. The van der Waals surface area contributed by atoms with E-state index >= 15 is 0 Å². The van der Waals surface area contributed by atoms with E-state index < -0.39 is 16.3 Å². The van der Waals surface area contributed by atoms with Crippen LogP contribution in [-0.4, -0.2) is 46.9 Å². The van der Waals surface area contributed by atoms with E-state index in [1.54, 1.807) is 10.6 Å². The zero-order valence-corrected chi connectivity index (χ0v) is 13.9. The molecule has 0 amide bonds. The monoisotopic (exact) mass is 359 g/mol. The van der Waals surface area contributed by atoms with Crippen molar-refractivity contribution in [3.8, 4) is 0 Å². The first kappa shape index (κ1) is 16.5. The molecule has 0 bridgehead atoms. The van der Waals surface area contributed by atoms with Crippen molar-refractivity contribution >= 4 is 28.2 Å². The van der Waals surface area contributed by atoms with E-state index in [1.807, 2.05) is 4.90 Å². The quantitative estimate of drug-likeness (QED) is 0.653. The van der Waals surface area contributed by atoms with E-state index in [0.717, 1.165) is 12.8 Å². The molecular formula is C17H17N3O6. The zero-order valence-electron chi connectivity index (χ0n) is 13.9. The number of fused-ring (bicyclic) bond motifs is 1. The van der Waals surface area contributed by atoms with Gasteiger partial charge in [-0.05, 0) is 18.9 Å². The molecule has 1 aliphatic carbocycles. The molecule has 4 rings (SSSR count). The molecule has 26 heavy (non-hydrogen) atoms. The Labute approximate surface area is 147 Å². The van der Waals surface area contributed by atoms with E-state index in [2.05, 4.69) is 0 Å². The van der Waals surface area contributed by atoms with Crippen molar-refractivity contribution in [1.82, 2.24) is 4.57 Å². The van der Waals surface area contributed by atoms with Crippen LogP contribution in [-0.2, 0) is 4.74 Å². The Balaban J connectivity index is 2.01. The van der Waals surface area contributed by atoms with Gasteiger partial charge in [0.25, 0.3) is 5.69 Å². The zero-order chi connectivity index (χ0) is 18.4. The molecule has 2 heterocycles. The van der Waals surface area contributed by atoms with Gasteiger partial charge in [-0.15, -0.1) is 0 Å². The Morgan fingerprint density at radius 3 is 2.54 bits per heavy atom. The summed E-state index contributed by atoms with van der Waals surface area (Å²) < 4.78 is 7.08. The summed E-state index contributed by atoms with van der Waals surface area (Å²) in [6, 6.07) is 2.98. The summed E-state index contributed by atoms with van der Waals surface area (Å²) in [6.07, 6.45) is 3.14. The molecule has 1 saturated heterocycles. The summed E-state index contributed by atoms with van der Waals surface area (Å²) in [6.45, 7) is 1.99. The Morgan fingerprint density at radius 1 is 1.27 bits per heavy atom. The number of aromatic nitrogens is 1. The SMILES string of the molecule is O=C(O)c1cn(C2CC2)c2cc(N3CCOCC3)c([N+](=O)[O-])cc2c1=O. The lowest BCUT2D eigenvalue weighted by Gasteiger charge is -2.29. The van der Waals surface area contributed by atoms with Crippen LogP contribution in [0.3, 0.4) is 0 Å². The molecule has 0 spiro atoms. The second-order valence-corrected chi connectivity index (χ2v) is 6.53. The van der Waals surface area contributed by atoms with Crippen molar-refractivity contribution in [3.63, 3.8) is 0 Å². The minimum atomic E-state index is -1.33. The lowest BCUT2D eigenvalue weighted by Crippen LogP contribution is -2.36. The molecule has 1 aromatic heterocycles. The fourth-order valence-corrected chi connectivity index (χ4v) is 3.38. The number of nitro benzene ring substituents is 1. The second kappa shape index (κ2) is 6.10. The van der Waals surface area contributed by atoms with E-state index in [-0.39, 0.29) is 22.7 Å². The fourth-order valence-electron chi connectivity index (χ4n) is 3.38. The molecule has 0 atom stereocenters. The number of nitro groups is 1. The molecule has 9 nitrogen and oxygen atoms in total. The van der Waals surface area contributed by atoms with Gasteiger partial charge in [-0.2, -0.15) is 0 Å². The number of carboxylic acid groups (broad SMARTS) is 1. The first-order chi connectivity index (χ1) is 12.5. The molecule has 2 aliphatic rings. The Hall–Kier alpha value is -2.94. The van der Waals surface area contributed by atoms with Crippen LogP contribution in [0.25, 0.3) is 10.9 Å². The summed E-state index contributed by atoms with van der Waals surface area (Å²) in [5.74, 6) is -1.33. The largest absolute Gasteiger partial charge is 0.477 e. The predicted octanol–water partition coefficient (Wildman–Crippen LogP) is 1.78. The van der Waals surface area contributed by atoms with Gasteiger partial charge in [-0.3, -0.25) is 14.9 Å². The molecule has 0 radical (unpaired) electrons. The van der Waals surface area contributed by atoms with Crippen LogP contribution in [0.4, 0.5) is 11.4 Å². The van der Waals surface area contributed by atoms with Crippen molar-refractivity contribution in [1.29, 1.82) is 0 Å². The fraction of sp³-hybridized carbons (Fsp3) is 0.412. The van der Waals surface area contributed by atoms with Gasteiger partial charge < -0.3 is 19.3 Å². The van der Waals surface area contributed by atoms with E-state index in [1.165, 1.54) is 12.3 Å². The van der Waals surface area contributed by atoms with Crippen molar-refractivity contribution in [3.05, 3.63) is 44.2 Å². The number of anilines is 1. The summed E-state index contributed by atoms with van der Waals surface area (Å²) in [4.78, 5) is 36.9. The van der Waals surface area contributed by atoms with Crippen molar-refractivity contribution in [2.75, 3.05) is 31.2 Å². The van der Waals surface area contributed by atoms with Gasteiger partial charge in [0, 0.05) is 31.4 Å². The van der Waals surface area contributed by atoms with Gasteiger partial charge in [0.15, 0.2) is 0 Å². The summed E-state index contributed by atoms with van der Waals surface area (Å²) in [7, 11) is 0. The number of hydrogen-bond acceptors (Lipinski definition) is 6. The molecule has 1 aliphatic heterocycles. The van der Waals surface area contributed by atoms with Gasteiger partial charge in [0.1, 0.15) is 11.3 Å². The normalized spacial score (nSPS) is 17.5. The van der Waals surface area contributed by atoms with Crippen LogP contribution in [0.1, 0.15) is 29.2 Å². The van der Waals surface area contributed by atoms with Gasteiger partial charge in [-0.25, -0.2) is 4.79 Å². The lowest BCUT2D eigenvalue weighted by molar-refractivity contribution is -0.384. The number of carbonyl (C=O) groups is 1. The van der Waals surface area contributed by atoms with Crippen LogP contribution < -0.4 is 10.3 Å². The molecule has 2 aromatic rings. The number of ether oxygens (including phenoxy) is 1. The van der Waals surface area contributed by atoms with Crippen LogP contribution >= 0.6 is 0 Å². The first-order valence-corrected chi connectivity index (χ1v) is 8.40. The Kier molecular flexibility index (Phi) is 3.87.